The molecule has 10 heteroatoms. The summed E-state index contributed by atoms with van der Waals surface area (Å²) in [7, 11) is -4.03. The van der Waals surface area contributed by atoms with Crippen LogP contribution in [0.5, 0.6) is 0 Å². The Morgan fingerprint density at radius 2 is 1.82 bits per heavy atom. The highest BCUT2D eigenvalue weighted by Crippen LogP contribution is 2.27. The van der Waals surface area contributed by atoms with Gasteiger partial charge in [0.15, 0.2) is 0 Å². The Labute approximate surface area is 156 Å². The summed E-state index contributed by atoms with van der Waals surface area (Å²) in [6.45, 7) is 0. The zero-order valence-electron chi connectivity index (χ0n) is 14.0. The van der Waals surface area contributed by atoms with Gasteiger partial charge < -0.3 is 15.1 Å². The number of H-pyrrole nitrogens is 2. The molecular weight excluding hydrogens is 389 g/mol. The molecule has 8 nitrogen and oxygen atoms in total. The predicted molar refractivity (Wildman–Crippen MR) is 101 cm³/mol. The molecule has 0 fully saturated rings. The molecule has 28 heavy (non-hydrogen) atoms. The number of hydrogen-bond donors (Lipinski definition) is 4. The number of hydrogen-bond acceptors (Lipinski definition) is 4. The number of fused-ring (bicyclic) bond motifs is 3. The third kappa shape index (κ3) is 2.89. The molecule has 0 saturated carbocycles. The van der Waals surface area contributed by atoms with Gasteiger partial charge in [-0.05, 0) is 42.5 Å². The molecule has 2 heterocycles. The minimum atomic E-state index is -4.03. The van der Waals surface area contributed by atoms with Gasteiger partial charge in [0.25, 0.3) is 15.6 Å². The summed E-state index contributed by atoms with van der Waals surface area (Å²) >= 11 is 0. The molecule has 4 aromatic rings. The number of carboxylic acids is 1. The molecule has 142 valence electrons. The lowest BCUT2D eigenvalue weighted by molar-refractivity contribution is 0.0699. The van der Waals surface area contributed by atoms with Gasteiger partial charge in [-0.1, -0.05) is 0 Å². The molecule has 0 aliphatic carbocycles. The van der Waals surface area contributed by atoms with Crippen molar-refractivity contribution in [3.8, 4) is 0 Å². The monoisotopic (exact) mass is 401 g/mol. The molecular formula is C18H12FN3O5S. The highest BCUT2D eigenvalue weighted by molar-refractivity contribution is 7.92. The van der Waals surface area contributed by atoms with E-state index in [9.17, 15) is 27.5 Å². The van der Waals surface area contributed by atoms with Crippen molar-refractivity contribution in [3.05, 3.63) is 70.4 Å². The quantitative estimate of drug-likeness (QED) is 0.417. The minimum Gasteiger partial charge on any atom is -0.478 e. The molecule has 0 unspecified atom stereocenters. The lowest BCUT2D eigenvalue weighted by Gasteiger charge is -2.09. The molecule has 2 aromatic carbocycles. The maximum Gasteiger partial charge on any atom is 0.337 e. The highest BCUT2D eigenvalue weighted by Gasteiger charge is 2.20. The second-order valence-electron chi connectivity index (χ2n) is 6.03. The van der Waals surface area contributed by atoms with Crippen molar-refractivity contribution in [1.29, 1.82) is 0 Å². The first kappa shape index (κ1) is 17.7. The number of anilines is 1. The number of carbonyl (C=O) groups is 1. The SMILES string of the molecule is O=C(O)c1c[nH]c2c(=O)[nH]c3ccc(S(=O)(=O)Nc4ccc(F)cc4)cc3c12. The molecule has 0 amide bonds. The molecule has 0 radical (unpaired) electrons. The van der Waals surface area contributed by atoms with E-state index in [1.165, 1.54) is 36.5 Å². The van der Waals surface area contributed by atoms with E-state index in [1.807, 2.05) is 0 Å². The van der Waals surface area contributed by atoms with Crippen molar-refractivity contribution in [2.45, 2.75) is 4.90 Å². The molecule has 0 aliphatic rings. The van der Waals surface area contributed by atoms with E-state index in [2.05, 4.69) is 14.7 Å². The average Bonchev–Trinajstić information content (AvgIpc) is 3.10. The van der Waals surface area contributed by atoms with Gasteiger partial charge in [-0.15, -0.1) is 0 Å². The van der Waals surface area contributed by atoms with Crippen molar-refractivity contribution in [2.75, 3.05) is 4.72 Å². The highest BCUT2D eigenvalue weighted by atomic mass is 32.2. The molecule has 0 spiro atoms. The summed E-state index contributed by atoms with van der Waals surface area (Å²) in [5.41, 5.74) is -0.172. The van der Waals surface area contributed by atoms with Gasteiger partial charge in [0.05, 0.1) is 10.5 Å². The van der Waals surface area contributed by atoms with Gasteiger partial charge in [-0.25, -0.2) is 17.6 Å². The molecule has 0 bridgehead atoms. The summed E-state index contributed by atoms with van der Waals surface area (Å²) in [5, 5.41) is 9.75. The van der Waals surface area contributed by atoms with Crippen LogP contribution in [0.15, 0.2) is 58.4 Å². The standard InChI is InChI=1S/C18H12FN3O5S/c19-9-1-3-10(4-2-9)22-28(26,27)11-5-6-14-12(7-11)15-13(18(24)25)8-20-16(15)17(23)21-14/h1-8,20,22H,(H,21,23)(H,24,25). The number of nitrogens with one attached hydrogen (secondary N) is 3. The third-order valence-electron chi connectivity index (χ3n) is 4.25. The topological polar surface area (TPSA) is 132 Å². The lowest BCUT2D eigenvalue weighted by atomic mass is 10.1. The van der Waals surface area contributed by atoms with Crippen LogP contribution in [0.25, 0.3) is 21.8 Å². The second kappa shape index (κ2) is 6.20. The predicted octanol–water partition coefficient (Wildman–Crippen LogP) is 2.65. The summed E-state index contributed by atoms with van der Waals surface area (Å²) in [4.78, 5) is 28.7. The van der Waals surface area contributed by atoms with Crippen molar-refractivity contribution >= 4 is 43.5 Å². The van der Waals surface area contributed by atoms with E-state index < -0.39 is 27.4 Å². The molecule has 2 aromatic heterocycles. The van der Waals surface area contributed by atoms with E-state index in [-0.39, 0.29) is 32.4 Å². The van der Waals surface area contributed by atoms with Gasteiger partial charge in [0.1, 0.15) is 11.3 Å². The van der Waals surface area contributed by atoms with Crippen molar-refractivity contribution in [1.82, 2.24) is 9.97 Å². The number of aromatic carboxylic acids is 1. The summed E-state index contributed by atoms with van der Waals surface area (Å²) in [6.07, 6.45) is 1.18. The third-order valence-corrected chi connectivity index (χ3v) is 5.63. The van der Waals surface area contributed by atoms with Gasteiger partial charge in [-0.2, -0.15) is 0 Å². The minimum absolute atomic E-state index is 0.0333. The number of pyridine rings is 1. The molecule has 0 atom stereocenters. The Morgan fingerprint density at radius 1 is 1.11 bits per heavy atom. The smallest absolute Gasteiger partial charge is 0.337 e. The maximum absolute atomic E-state index is 13.0. The average molecular weight is 401 g/mol. The van der Waals surface area contributed by atoms with Gasteiger partial charge in [-0.3, -0.25) is 9.52 Å². The van der Waals surface area contributed by atoms with Crippen LogP contribution in [-0.4, -0.2) is 29.5 Å². The van der Waals surface area contributed by atoms with Crippen LogP contribution >= 0.6 is 0 Å². The Hall–Kier alpha value is -3.66. The fraction of sp³-hybridized carbons (Fsp3) is 0. The van der Waals surface area contributed by atoms with Crippen LogP contribution in [0.4, 0.5) is 10.1 Å². The fourth-order valence-corrected chi connectivity index (χ4v) is 4.06. The normalized spacial score (nSPS) is 11.8. The maximum atomic E-state index is 13.0. The first-order valence-corrected chi connectivity index (χ1v) is 9.43. The first-order chi connectivity index (χ1) is 13.3. The fourth-order valence-electron chi connectivity index (χ4n) is 2.97. The lowest BCUT2D eigenvalue weighted by Crippen LogP contribution is -2.13. The Bertz CT molecular complexity index is 1410. The van der Waals surface area contributed by atoms with E-state index in [1.54, 1.807) is 0 Å². The number of aromatic nitrogens is 2. The number of rotatable bonds is 4. The Balaban J connectivity index is 1.91. The van der Waals surface area contributed by atoms with Crippen molar-refractivity contribution < 1.29 is 22.7 Å². The molecule has 0 saturated heterocycles. The number of carboxylic acid groups (broad SMARTS) is 1. The zero-order valence-corrected chi connectivity index (χ0v) is 14.8. The van der Waals surface area contributed by atoms with Crippen LogP contribution in [0.2, 0.25) is 0 Å². The van der Waals surface area contributed by atoms with E-state index in [0.717, 1.165) is 12.1 Å². The number of aromatic amines is 2. The van der Waals surface area contributed by atoms with Crippen LogP contribution in [0.1, 0.15) is 10.4 Å². The van der Waals surface area contributed by atoms with E-state index in [4.69, 9.17) is 0 Å². The molecule has 0 aliphatic heterocycles. The van der Waals surface area contributed by atoms with Crippen molar-refractivity contribution in [2.24, 2.45) is 0 Å². The van der Waals surface area contributed by atoms with Crippen LogP contribution in [0, 0.1) is 5.82 Å². The largest absolute Gasteiger partial charge is 0.478 e. The van der Waals surface area contributed by atoms with Crippen molar-refractivity contribution in [3.63, 3.8) is 0 Å². The number of sulfonamides is 1. The Kier molecular flexibility index (Phi) is 3.93. The van der Waals surface area contributed by atoms with Crippen LogP contribution in [-0.2, 0) is 10.0 Å². The zero-order chi connectivity index (χ0) is 20.1. The Morgan fingerprint density at radius 3 is 2.50 bits per heavy atom. The molecule has 4 N–H and O–H groups in total. The number of benzene rings is 2. The van der Waals surface area contributed by atoms with E-state index in [0.29, 0.717) is 5.52 Å². The van der Waals surface area contributed by atoms with E-state index >= 15 is 0 Å². The summed E-state index contributed by atoms with van der Waals surface area (Å²) in [5.74, 6) is -1.76. The van der Waals surface area contributed by atoms with Gasteiger partial charge in [0, 0.05) is 28.2 Å². The van der Waals surface area contributed by atoms with Gasteiger partial charge >= 0.3 is 5.97 Å². The van der Waals surface area contributed by atoms with Crippen LogP contribution < -0.4 is 10.3 Å². The van der Waals surface area contributed by atoms with Crippen LogP contribution in [0.3, 0.4) is 0 Å². The number of halogens is 1. The van der Waals surface area contributed by atoms with Gasteiger partial charge in [0.2, 0.25) is 0 Å². The first-order valence-electron chi connectivity index (χ1n) is 7.95. The molecule has 4 rings (SSSR count). The second-order valence-corrected chi connectivity index (χ2v) is 7.71. The summed E-state index contributed by atoms with van der Waals surface area (Å²) in [6, 6.07) is 8.73. The summed E-state index contributed by atoms with van der Waals surface area (Å²) < 4.78 is 40.7.